The van der Waals surface area contributed by atoms with Crippen LogP contribution in [-0.2, 0) is 6.42 Å². The predicted molar refractivity (Wildman–Crippen MR) is 142 cm³/mol. The summed E-state index contributed by atoms with van der Waals surface area (Å²) in [7, 11) is 0. The number of aromatic nitrogens is 4. The molecule has 2 heterocycles. The van der Waals surface area contributed by atoms with E-state index in [0.717, 1.165) is 22.6 Å². The zero-order valence-electron chi connectivity index (χ0n) is 20.0. The second kappa shape index (κ2) is 10.8. The Labute approximate surface area is 212 Å². The van der Waals surface area contributed by atoms with Gasteiger partial charge in [0.1, 0.15) is 23.3 Å². The highest BCUT2D eigenvalue weighted by atomic mass is 16.1. The fraction of sp³-hybridized carbons (Fsp3) is 0.0714. The normalized spacial score (nSPS) is 10.1. The summed E-state index contributed by atoms with van der Waals surface area (Å²) in [6.45, 7) is 1.99. The number of nitrogens with zero attached hydrogens (tertiary/aromatic N) is 6. The molecule has 0 radical (unpaired) electrons. The lowest BCUT2D eigenvalue weighted by Crippen LogP contribution is -2.24. The van der Waals surface area contributed by atoms with E-state index in [2.05, 4.69) is 16.0 Å². The van der Waals surface area contributed by atoms with Crippen LogP contribution in [0.15, 0.2) is 83.8 Å². The molecule has 5 aromatic rings. The molecule has 0 bridgehead atoms. The first-order valence-corrected chi connectivity index (χ1v) is 11.4. The van der Waals surface area contributed by atoms with Gasteiger partial charge in [-0.1, -0.05) is 49.4 Å². The summed E-state index contributed by atoms with van der Waals surface area (Å²) in [5.41, 5.74) is 14.3. The maximum atomic E-state index is 13.5. The van der Waals surface area contributed by atoms with Crippen LogP contribution in [0.3, 0.4) is 0 Å². The Morgan fingerprint density at radius 3 is 2.35 bits per heavy atom. The molecule has 3 aromatic carbocycles. The van der Waals surface area contributed by atoms with E-state index in [-0.39, 0.29) is 22.9 Å². The molecule has 0 spiro atoms. The third kappa shape index (κ3) is 5.11. The smallest absolute Gasteiger partial charge is 0.266 e. The van der Waals surface area contributed by atoms with Crippen molar-refractivity contribution in [2.75, 3.05) is 11.5 Å². The molecule has 5 rings (SSSR count). The van der Waals surface area contributed by atoms with Crippen molar-refractivity contribution in [3.63, 3.8) is 0 Å². The molecular weight excluding hydrogens is 464 g/mol. The van der Waals surface area contributed by atoms with Gasteiger partial charge in [-0.05, 0) is 41.5 Å². The lowest BCUT2D eigenvalue weighted by atomic mass is 9.99. The molecule has 0 aliphatic heterocycles. The Balaban J connectivity index is 0.000000270. The molecule has 37 heavy (non-hydrogen) atoms. The highest BCUT2D eigenvalue weighted by Crippen LogP contribution is 2.27. The van der Waals surface area contributed by atoms with E-state index < -0.39 is 0 Å². The molecule has 0 unspecified atom stereocenters. The Morgan fingerprint density at radius 1 is 0.919 bits per heavy atom. The van der Waals surface area contributed by atoms with Crippen molar-refractivity contribution in [1.82, 2.24) is 19.5 Å². The topological polar surface area (TPSA) is 160 Å². The molecule has 2 aromatic heterocycles. The van der Waals surface area contributed by atoms with Gasteiger partial charge in [0.25, 0.3) is 5.56 Å². The van der Waals surface area contributed by atoms with Crippen LogP contribution in [0.4, 0.5) is 11.8 Å². The summed E-state index contributed by atoms with van der Waals surface area (Å²) in [5.74, 6) is 0.924. The van der Waals surface area contributed by atoms with Crippen molar-refractivity contribution in [1.29, 1.82) is 10.5 Å². The van der Waals surface area contributed by atoms with Crippen molar-refractivity contribution in [2.45, 2.75) is 13.3 Å². The first kappa shape index (κ1) is 24.6. The third-order valence-corrected chi connectivity index (χ3v) is 5.56. The van der Waals surface area contributed by atoms with Crippen molar-refractivity contribution in [2.24, 2.45) is 0 Å². The van der Waals surface area contributed by atoms with Crippen LogP contribution < -0.4 is 17.0 Å². The van der Waals surface area contributed by atoms with Crippen LogP contribution in [-0.4, -0.2) is 19.5 Å². The van der Waals surface area contributed by atoms with Crippen LogP contribution >= 0.6 is 0 Å². The van der Waals surface area contributed by atoms with E-state index in [1.807, 2.05) is 73.7 Å². The number of nitriles is 2. The zero-order valence-corrected chi connectivity index (χ0v) is 20.0. The largest absolute Gasteiger partial charge is 0.382 e. The minimum absolute atomic E-state index is 0.0801. The van der Waals surface area contributed by atoms with Gasteiger partial charge in [0.05, 0.1) is 34.4 Å². The van der Waals surface area contributed by atoms with E-state index in [0.29, 0.717) is 22.9 Å². The standard InChI is InChI=1S/C23H17N3O.C5H5N5/c1-2-21-25-20-13-7-12-19(17-9-6-8-16(14-17)15-24)22(20)23(27)26(21)18-10-4-3-5-11-18;6-1-3-2-9-5(8)10-4(3)7/h3-14H,2H2,1H3;2H,(H4,7,8,9,10). The zero-order chi connectivity index (χ0) is 26.4. The van der Waals surface area contributed by atoms with E-state index in [4.69, 9.17) is 21.7 Å². The number of anilines is 2. The average molecular weight is 487 g/mol. The quantitative estimate of drug-likeness (QED) is 0.387. The molecule has 0 saturated carbocycles. The molecule has 180 valence electrons. The molecule has 0 amide bonds. The lowest BCUT2D eigenvalue weighted by Gasteiger charge is -2.14. The van der Waals surface area contributed by atoms with Gasteiger partial charge in [-0.2, -0.15) is 15.5 Å². The monoisotopic (exact) mass is 486 g/mol. The first-order chi connectivity index (χ1) is 18.0. The maximum absolute atomic E-state index is 13.5. The molecule has 0 aliphatic carbocycles. The fourth-order valence-corrected chi connectivity index (χ4v) is 3.85. The van der Waals surface area contributed by atoms with Gasteiger partial charge in [-0.3, -0.25) is 9.36 Å². The summed E-state index contributed by atoms with van der Waals surface area (Å²) in [4.78, 5) is 25.4. The highest BCUT2D eigenvalue weighted by molar-refractivity contribution is 5.94. The molecule has 9 nitrogen and oxygen atoms in total. The van der Waals surface area contributed by atoms with Gasteiger partial charge < -0.3 is 11.5 Å². The van der Waals surface area contributed by atoms with Crippen molar-refractivity contribution >= 4 is 22.7 Å². The highest BCUT2D eigenvalue weighted by Gasteiger charge is 2.15. The minimum Gasteiger partial charge on any atom is -0.382 e. The Kier molecular flexibility index (Phi) is 7.18. The molecule has 9 heteroatoms. The van der Waals surface area contributed by atoms with Crippen LogP contribution in [0.1, 0.15) is 23.9 Å². The summed E-state index contributed by atoms with van der Waals surface area (Å²) < 4.78 is 1.68. The molecule has 0 atom stereocenters. The van der Waals surface area contributed by atoms with Gasteiger partial charge in [-0.25, -0.2) is 9.97 Å². The molecule has 0 aliphatic rings. The number of nitrogens with two attached hydrogens (primary N) is 2. The minimum atomic E-state index is -0.0963. The van der Waals surface area contributed by atoms with Gasteiger partial charge in [0.15, 0.2) is 0 Å². The second-order valence-corrected chi connectivity index (χ2v) is 7.89. The predicted octanol–water partition coefficient (Wildman–Crippen LogP) is 4.00. The molecule has 0 fully saturated rings. The number of benzene rings is 3. The maximum Gasteiger partial charge on any atom is 0.266 e. The number of aryl methyl sites for hydroxylation is 1. The van der Waals surface area contributed by atoms with Gasteiger partial charge >= 0.3 is 0 Å². The van der Waals surface area contributed by atoms with Crippen LogP contribution in [0.5, 0.6) is 0 Å². The second-order valence-electron chi connectivity index (χ2n) is 7.89. The van der Waals surface area contributed by atoms with Crippen LogP contribution in [0.25, 0.3) is 27.7 Å². The first-order valence-electron chi connectivity index (χ1n) is 11.4. The Bertz CT molecular complexity index is 1730. The Hall–Kier alpha value is -5.54. The SMILES string of the molecule is CCc1nc2cccc(-c3cccc(C#N)c3)c2c(=O)n1-c1ccccc1.N#Cc1cnc(N)nc1N. The van der Waals surface area contributed by atoms with Gasteiger partial charge in [-0.15, -0.1) is 0 Å². The molecular formula is C28H22N8O. The number of para-hydroxylation sites is 1. The number of nitrogen functional groups attached to an aromatic ring is 2. The summed E-state index contributed by atoms with van der Waals surface area (Å²) in [6, 6.07) is 26.5. The third-order valence-electron chi connectivity index (χ3n) is 5.56. The lowest BCUT2D eigenvalue weighted by molar-refractivity contribution is 0.833. The number of hydrogen-bond acceptors (Lipinski definition) is 8. The molecule has 4 N–H and O–H groups in total. The molecule has 0 saturated heterocycles. The van der Waals surface area contributed by atoms with Gasteiger partial charge in [0.2, 0.25) is 5.95 Å². The fourth-order valence-electron chi connectivity index (χ4n) is 3.85. The summed E-state index contributed by atoms with van der Waals surface area (Å²) in [5, 5.41) is 18.1. The number of rotatable bonds is 3. The van der Waals surface area contributed by atoms with Crippen molar-refractivity contribution < 1.29 is 0 Å². The number of fused-ring (bicyclic) bond motifs is 1. The Morgan fingerprint density at radius 2 is 1.68 bits per heavy atom. The summed E-state index contributed by atoms with van der Waals surface area (Å²) in [6.07, 6.45) is 1.94. The van der Waals surface area contributed by atoms with Crippen molar-refractivity contribution in [3.8, 4) is 29.0 Å². The summed E-state index contributed by atoms with van der Waals surface area (Å²) >= 11 is 0. The van der Waals surface area contributed by atoms with Crippen LogP contribution in [0, 0.1) is 22.7 Å². The van der Waals surface area contributed by atoms with Crippen LogP contribution in [0.2, 0.25) is 0 Å². The van der Waals surface area contributed by atoms with Gasteiger partial charge in [0, 0.05) is 6.42 Å². The van der Waals surface area contributed by atoms with E-state index in [1.54, 1.807) is 16.7 Å². The van der Waals surface area contributed by atoms with E-state index >= 15 is 0 Å². The average Bonchev–Trinajstić information content (AvgIpc) is 2.93. The van der Waals surface area contributed by atoms with Crippen molar-refractivity contribution in [3.05, 3.63) is 106 Å². The van der Waals surface area contributed by atoms with E-state index in [1.165, 1.54) is 6.20 Å². The number of hydrogen-bond donors (Lipinski definition) is 2. The van der Waals surface area contributed by atoms with E-state index in [9.17, 15) is 10.1 Å².